The molecule has 7 nitrogen and oxygen atoms in total. The fraction of sp³-hybridized carbons (Fsp3) is 0.429. The van der Waals surface area contributed by atoms with Crippen LogP contribution >= 0.6 is 0 Å². The molecule has 1 saturated carbocycles. The molecule has 0 atom stereocenters. The zero-order valence-electron chi connectivity index (χ0n) is 16.6. The van der Waals surface area contributed by atoms with Gasteiger partial charge in [-0.15, -0.1) is 0 Å². The van der Waals surface area contributed by atoms with Gasteiger partial charge in [-0.1, -0.05) is 0 Å². The Morgan fingerprint density at radius 2 is 1.93 bits per heavy atom. The first-order valence-corrected chi connectivity index (χ1v) is 10.0. The Bertz CT molecular complexity index is 1120. The number of piperidine rings is 1. The number of alkyl halides is 1. The molecule has 0 radical (unpaired) electrons. The summed E-state index contributed by atoms with van der Waals surface area (Å²) in [6.07, 6.45) is 4.66. The monoisotopic (exact) mass is 412 g/mol. The second-order valence-electron chi connectivity index (χ2n) is 8.38. The van der Waals surface area contributed by atoms with Crippen LogP contribution in [0, 0.1) is 11.2 Å². The van der Waals surface area contributed by atoms with E-state index in [1.54, 1.807) is 12.1 Å². The molecule has 0 unspecified atom stereocenters. The zero-order valence-corrected chi connectivity index (χ0v) is 16.6. The maximum atomic E-state index is 14.4. The Labute approximate surface area is 172 Å². The first-order valence-electron chi connectivity index (χ1n) is 10.0. The summed E-state index contributed by atoms with van der Waals surface area (Å²) in [5, 5.41) is 15.2. The molecule has 2 N–H and O–H groups in total. The predicted molar refractivity (Wildman–Crippen MR) is 109 cm³/mol. The van der Waals surface area contributed by atoms with E-state index in [4.69, 9.17) is 10.1 Å². The summed E-state index contributed by atoms with van der Waals surface area (Å²) in [5.41, 5.74) is -0.108. The number of benzene rings is 1. The van der Waals surface area contributed by atoms with Crippen LogP contribution in [-0.2, 0) is 0 Å². The van der Waals surface area contributed by atoms with Crippen LogP contribution in [0.3, 0.4) is 0 Å². The number of aromatic nitrogens is 4. The SMILES string of the molecule is CC1(Oc2cc3c(-c4cc(N5CCC(F)(C=N)CC5)ncn4)n[nH]c3cc2F)CC1. The van der Waals surface area contributed by atoms with Crippen LogP contribution in [0.4, 0.5) is 14.6 Å². The number of ether oxygens (including phenoxy) is 1. The Balaban J connectivity index is 1.46. The van der Waals surface area contributed by atoms with Gasteiger partial charge in [0, 0.05) is 49.7 Å². The average molecular weight is 412 g/mol. The van der Waals surface area contributed by atoms with Crippen LogP contribution in [-0.4, -0.2) is 50.7 Å². The molecule has 1 saturated heterocycles. The van der Waals surface area contributed by atoms with Crippen LogP contribution in [0.2, 0.25) is 0 Å². The maximum Gasteiger partial charge on any atom is 0.167 e. The highest BCUT2D eigenvalue weighted by atomic mass is 19.1. The van der Waals surface area contributed by atoms with Crippen molar-refractivity contribution in [1.82, 2.24) is 20.2 Å². The van der Waals surface area contributed by atoms with E-state index in [1.165, 1.54) is 12.4 Å². The molecule has 156 valence electrons. The van der Waals surface area contributed by atoms with Gasteiger partial charge in [0.25, 0.3) is 0 Å². The van der Waals surface area contributed by atoms with Crippen molar-refractivity contribution in [3.63, 3.8) is 0 Å². The number of anilines is 1. The standard InChI is InChI=1S/C21H22F2N6O/c1-20(2-3-20)30-17-8-13-15(9-14(17)22)27-28-19(13)16-10-18(26-12-25-16)29-6-4-21(23,11-24)5-7-29/h8-12,24H,2-7H2,1H3,(H,27,28). The Hall–Kier alpha value is -3.10. The third-order valence-corrected chi connectivity index (χ3v) is 6.00. The fourth-order valence-electron chi connectivity index (χ4n) is 3.74. The van der Waals surface area contributed by atoms with Gasteiger partial charge in [0.05, 0.1) is 11.2 Å². The molecule has 2 fully saturated rings. The molecular formula is C21H22F2N6O. The summed E-state index contributed by atoms with van der Waals surface area (Å²) in [6.45, 7) is 2.89. The molecule has 0 bridgehead atoms. The molecule has 9 heteroatoms. The summed E-state index contributed by atoms with van der Waals surface area (Å²) < 4.78 is 34.6. The van der Waals surface area contributed by atoms with E-state index < -0.39 is 11.5 Å². The average Bonchev–Trinajstić information content (AvgIpc) is 3.34. The van der Waals surface area contributed by atoms with Crippen molar-refractivity contribution in [2.45, 2.75) is 43.9 Å². The first kappa shape index (κ1) is 18.9. The number of H-pyrrole nitrogens is 1. The molecule has 1 aromatic carbocycles. The van der Waals surface area contributed by atoms with Gasteiger partial charge in [0.2, 0.25) is 0 Å². The fourth-order valence-corrected chi connectivity index (χ4v) is 3.74. The first-order chi connectivity index (χ1) is 14.4. The lowest BCUT2D eigenvalue weighted by Gasteiger charge is -2.34. The number of fused-ring (bicyclic) bond motifs is 1. The van der Waals surface area contributed by atoms with Crippen molar-refractivity contribution in [2.75, 3.05) is 18.0 Å². The minimum atomic E-state index is -1.54. The predicted octanol–water partition coefficient (Wildman–Crippen LogP) is 4.05. The number of hydrogen-bond donors (Lipinski definition) is 2. The van der Waals surface area contributed by atoms with Gasteiger partial charge < -0.3 is 15.0 Å². The summed E-state index contributed by atoms with van der Waals surface area (Å²) in [4.78, 5) is 10.6. The second-order valence-corrected chi connectivity index (χ2v) is 8.38. The van der Waals surface area contributed by atoms with Crippen molar-refractivity contribution in [1.29, 1.82) is 5.41 Å². The number of hydrogen-bond acceptors (Lipinski definition) is 6. The summed E-state index contributed by atoms with van der Waals surface area (Å²) >= 11 is 0. The summed E-state index contributed by atoms with van der Waals surface area (Å²) in [7, 11) is 0. The molecule has 1 aliphatic heterocycles. The van der Waals surface area contributed by atoms with Crippen molar-refractivity contribution < 1.29 is 13.5 Å². The molecule has 3 heterocycles. The van der Waals surface area contributed by atoms with E-state index in [2.05, 4.69) is 20.2 Å². The lowest BCUT2D eigenvalue weighted by molar-refractivity contribution is 0.191. The molecular weight excluding hydrogens is 390 g/mol. The molecule has 5 rings (SSSR count). The van der Waals surface area contributed by atoms with E-state index in [-0.39, 0.29) is 24.2 Å². The third kappa shape index (κ3) is 3.38. The number of aromatic amines is 1. The smallest absolute Gasteiger partial charge is 0.167 e. The molecule has 3 aromatic rings. The molecule has 0 spiro atoms. The lowest BCUT2D eigenvalue weighted by atomic mass is 9.95. The number of halogens is 2. The van der Waals surface area contributed by atoms with Gasteiger partial charge in [-0.3, -0.25) is 5.10 Å². The van der Waals surface area contributed by atoms with Crippen LogP contribution < -0.4 is 9.64 Å². The quantitative estimate of drug-likeness (QED) is 0.617. The normalized spacial score (nSPS) is 19.6. The van der Waals surface area contributed by atoms with Gasteiger partial charge >= 0.3 is 0 Å². The van der Waals surface area contributed by atoms with Crippen LogP contribution in [0.15, 0.2) is 24.5 Å². The largest absolute Gasteiger partial charge is 0.484 e. The highest BCUT2D eigenvalue weighted by Gasteiger charge is 2.40. The van der Waals surface area contributed by atoms with Crippen molar-refractivity contribution >= 4 is 22.9 Å². The molecule has 2 aliphatic rings. The lowest BCUT2D eigenvalue weighted by Crippen LogP contribution is -2.42. The topological polar surface area (TPSA) is 90.8 Å². The Kier molecular flexibility index (Phi) is 4.23. The Morgan fingerprint density at radius 1 is 1.17 bits per heavy atom. The highest BCUT2D eigenvalue weighted by Crippen LogP contribution is 2.41. The number of rotatable bonds is 5. The van der Waals surface area contributed by atoms with Gasteiger partial charge in [-0.05, 0) is 25.8 Å². The van der Waals surface area contributed by atoms with Crippen molar-refractivity contribution in [3.05, 3.63) is 30.3 Å². The Morgan fingerprint density at radius 3 is 2.63 bits per heavy atom. The number of nitrogens with zero attached hydrogens (tertiary/aromatic N) is 4. The third-order valence-electron chi connectivity index (χ3n) is 6.00. The van der Waals surface area contributed by atoms with E-state index in [0.29, 0.717) is 41.2 Å². The molecule has 1 aliphatic carbocycles. The van der Waals surface area contributed by atoms with Crippen molar-refractivity contribution in [2.24, 2.45) is 0 Å². The van der Waals surface area contributed by atoms with Gasteiger partial charge in [-0.2, -0.15) is 5.10 Å². The second kappa shape index (κ2) is 6.72. The summed E-state index contributed by atoms with van der Waals surface area (Å²) in [5.74, 6) is 0.456. The minimum absolute atomic E-state index is 0.210. The van der Waals surface area contributed by atoms with Gasteiger partial charge in [-0.25, -0.2) is 18.7 Å². The van der Waals surface area contributed by atoms with Crippen LogP contribution in [0.1, 0.15) is 32.6 Å². The maximum absolute atomic E-state index is 14.4. The molecule has 30 heavy (non-hydrogen) atoms. The molecule has 0 amide bonds. The van der Waals surface area contributed by atoms with Crippen LogP contribution in [0.5, 0.6) is 5.75 Å². The minimum Gasteiger partial charge on any atom is -0.484 e. The number of nitrogens with one attached hydrogen (secondary N) is 2. The van der Waals surface area contributed by atoms with E-state index >= 15 is 0 Å². The van der Waals surface area contributed by atoms with E-state index in [0.717, 1.165) is 19.1 Å². The zero-order chi connectivity index (χ0) is 20.9. The van der Waals surface area contributed by atoms with Crippen molar-refractivity contribution in [3.8, 4) is 17.1 Å². The molecule has 2 aromatic heterocycles. The van der Waals surface area contributed by atoms with E-state index in [9.17, 15) is 8.78 Å². The highest BCUT2D eigenvalue weighted by molar-refractivity contribution is 5.93. The van der Waals surface area contributed by atoms with Gasteiger partial charge in [0.1, 0.15) is 29.1 Å². The van der Waals surface area contributed by atoms with Crippen LogP contribution in [0.25, 0.3) is 22.3 Å². The summed E-state index contributed by atoms with van der Waals surface area (Å²) in [6, 6.07) is 4.85. The van der Waals surface area contributed by atoms with E-state index in [1.807, 2.05) is 11.8 Å². The van der Waals surface area contributed by atoms with Gasteiger partial charge in [0.15, 0.2) is 11.6 Å².